The quantitative estimate of drug-likeness (QED) is 0.536. The van der Waals surface area contributed by atoms with E-state index in [1.807, 2.05) is 0 Å². The average molecular weight is 319 g/mol. The minimum absolute atomic E-state index is 0.115. The van der Waals surface area contributed by atoms with Gasteiger partial charge in [0.2, 0.25) is 0 Å². The Morgan fingerprint density at radius 2 is 1.54 bits per heavy atom. The van der Waals surface area contributed by atoms with Crippen LogP contribution in [-0.4, -0.2) is 0 Å². The van der Waals surface area contributed by atoms with E-state index in [2.05, 4.69) is 90.9 Å². The van der Waals surface area contributed by atoms with Gasteiger partial charge in [-0.1, -0.05) is 83.5 Å². The van der Waals surface area contributed by atoms with Gasteiger partial charge in [0, 0.05) is 0 Å². The molecule has 0 saturated carbocycles. The molecule has 1 aliphatic rings. The molecule has 0 unspecified atom stereocenters. The lowest BCUT2D eigenvalue weighted by molar-refractivity contribution is 0.531. The summed E-state index contributed by atoms with van der Waals surface area (Å²) in [5.74, 6) is 0. The Morgan fingerprint density at radius 3 is 2.17 bits per heavy atom. The maximum absolute atomic E-state index is 2.38. The fourth-order valence-corrected chi connectivity index (χ4v) is 3.90. The summed E-state index contributed by atoms with van der Waals surface area (Å²) < 4.78 is 0. The van der Waals surface area contributed by atoms with Gasteiger partial charge >= 0.3 is 0 Å². The molecule has 0 saturated heterocycles. The first-order valence-corrected chi connectivity index (χ1v) is 9.02. The van der Waals surface area contributed by atoms with Gasteiger partial charge in [-0.3, -0.25) is 0 Å². The molecule has 0 atom stereocenters. The van der Waals surface area contributed by atoms with Crippen LogP contribution in [0.15, 0.2) is 42.0 Å². The van der Waals surface area contributed by atoms with Gasteiger partial charge in [0.15, 0.2) is 0 Å². The second-order valence-corrected chi connectivity index (χ2v) is 9.31. The molecule has 0 bridgehead atoms. The Labute approximate surface area is 147 Å². The topological polar surface area (TPSA) is 0 Å². The van der Waals surface area contributed by atoms with Gasteiger partial charge in [0.25, 0.3) is 0 Å². The molecule has 0 heterocycles. The zero-order valence-corrected chi connectivity index (χ0v) is 16.2. The monoisotopic (exact) mass is 318 g/mol. The van der Waals surface area contributed by atoms with Crippen molar-refractivity contribution in [3.63, 3.8) is 0 Å². The van der Waals surface area contributed by atoms with Gasteiger partial charge in [0.1, 0.15) is 0 Å². The summed E-state index contributed by atoms with van der Waals surface area (Å²) in [5.41, 5.74) is 10.2. The van der Waals surface area contributed by atoms with Gasteiger partial charge in [-0.2, -0.15) is 0 Å². The first-order valence-electron chi connectivity index (χ1n) is 9.02. The van der Waals surface area contributed by atoms with Crippen LogP contribution < -0.4 is 0 Å². The molecular formula is C24H30. The molecule has 0 fully saturated rings. The van der Waals surface area contributed by atoms with E-state index >= 15 is 0 Å². The summed E-state index contributed by atoms with van der Waals surface area (Å²) in [5, 5.41) is 0. The van der Waals surface area contributed by atoms with Crippen molar-refractivity contribution < 1.29 is 0 Å². The minimum Gasteiger partial charge on any atom is -0.0683 e. The van der Waals surface area contributed by atoms with E-state index < -0.39 is 0 Å². The molecule has 0 spiro atoms. The summed E-state index contributed by atoms with van der Waals surface area (Å²) in [6.45, 7) is 16.2. The van der Waals surface area contributed by atoms with E-state index in [0.29, 0.717) is 0 Å². The van der Waals surface area contributed by atoms with Crippen molar-refractivity contribution in [2.75, 3.05) is 0 Å². The van der Waals surface area contributed by atoms with Crippen molar-refractivity contribution in [1.29, 1.82) is 0 Å². The van der Waals surface area contributed by atoms with Crippen LogP contribution in [0.25, 0.3) is 17.2 Å². The lowest BCUT2D eigenvalue weighted by atomic mass is 9.72. The molecule has 24 heavy (non-hydrogen) atoms. The molecule has 1 aliphatic carbocycles. The zero-order chi connectivity index (χ0) is 17.7. The summed E-state index contributed by atoms with van der Waals surface area (Å²) >= 11 is 0. The summed E-state index contributed by atoms with van der Waals surface area (Å²) in [7, 11) is 0. The van der Waals surface area contributed by atoms with Crippen molar-refractivity contribution in [2.45, 2.75) is 65.7 Å². The molecule has 0 nitrogen and oxygen atoms in total. The fraction of sp³-hybridized carbons (Fsp3) is 0.417. The highest BCUT2D eigenvalue weighted by atomic mass is 14.3. The predicted molar refractivity (Wildman–Crippen MR) is 107 cm³/mol. The van der Waals surface area contributed by atoms with Crippen LogP contribution in [0, 0.1) is 0 Å². The SMILES string of the molecule is CC1=Cc2cc(-c3cccc(C(C)(C)C)c3C(C)(C)C)ccc2C1. The molecule has 2 aromatic rings. The molecule has 3 rings (SSSR count). The summed E-state index contributed by atoms with van der Waals surface area (Å²) in [6.07, 6.45) is 3.44. The standard InChI is InChI=1S/C24H30/c1-16-13-17-11-12-18(15-19(17)14-16)20-9-8-10-21(23(2,3)4)22(20)24(5,6)7/h8-12,14-15H,13H2,1-7H3. The van der Waals surface area contributed by atoms with Crippen molar-refractivity contribution >= 4 is 6.08 Å². The second-order valence-electron chi connectivity index (χ2n) is 9.31. The Morgan fingerprint density at radius 1 is 0.833 bits per heavy atom. The van der Waals surface area contributed by atoms with E-state index in [0.717, 1.165) is 6.42 Å². The molecular weight excluding hydrogens is 288 g/mol. The molecule has 126 valence electrons. The maximum atomic E-state index is 2.38. The molecule has 0 radical (unpaired) electrons. The first-order chi connectivity index (χ1) is 11.1. The Balaban J connectivity index is 2.24. The largest absolute Gasteiger partial charge is 0.0683 e. The smallest absolute Gasteiger partial charge is 0.00606 e. The van der Waals surface area contributed by atoms with E-state index in [1.54, 1.807) is 0 Å². The number of fused-ring (bicyclic) bond motifs is 1. The highest BCUT2D eigenvalue weighted by Crippen LogP contribution is 2.41. The number of rotatable bonds is 1. The zero-order valence-electron chi connectivity index (χ0n) is 16.2. The lowest BCUT2D eigenvalue weighted by Crippen LogP contribution is -2.23. The third-order valence-corrected chi connectivity index (χ3v) is 4.95. The van der Waals surface area contributed by atoms with Crippen LogP contribution in [0.3, 0.4) is 0 Å². The van der Waals surface area contributed by atoms with Gasteiger partial charge in [-0.25, -0.2) is 0 Å². The van der Waals surface area contributed by atoms with Gasteiger partial charge < -0.3 is 0 Å². The summed E-state index contributed by atoms with van der Waals surface area (Å²) in [6, 6.07) is 13.8. The van der Waals surface area contributed by atoms with Crippen LogP contribution >= 0.6 is 0 Å². The average Bonchev–Trinajstić information content (AvgIpc) is 2.83. The Bertz CT molecular complexity index is 805. The van der Waals surface area contributed by atoms with E-state index in [9.17, 15) is 0 Å². The number of benzene rings is 2. The van der Waals surface area contributed by atoms with Crippen LogP contribution in [0.1, 0.15) is 70.7 Å². The van der Waals surface area contributed by atoms with Gasteiger partial charge in [0.05, 0.1) is 0 Å². The van der Waals surface area contributed by atoms with Crippen LogP contribution in [-0.2, 0) is 17.3 Å². The molecule has 0 amide bonds. The van der Waals surface area contributed by atoms with Crippen LogP contribution in [0.2, 0.25) is 0 Å². The number of allylic oxidation sites excluding steroid dienone is 1. The molecule has 0 N–H and O–H groups in total. The van der Waals surface area contributed by atoms with Gasteiger partial charge in [-0.15, -0.1) is 0 Å². The van der Waals surface area contributed by atoms with Crippen molar-refractivity contribution in [3.05, 3.63) is 64.2 Å². The normalized spacial score (nSPS) is 14.5. The van der Waals surface area contributed by atoms with Crippen LogP contribution in [0.5, 0.6) is 0 Å². The number of hydrogen-bond acceptors (Lipinski definition) is 0. The van der Waals surface area contributed by atoms with Crippen molar-refractivity contribution in [2.24, 2.45) is 0 Å². The highest BCUT2D eigenvalue weighted by molar-refractivity contribution is 5.76. The van der Waals surface area contributed by atoms with Crippen LogP contribution in [0.4, 0.5) is 0 Å². The predicted octanol–water partition coefficient (Wildman–Crippen LogP) is 6.91. The summed E-state index contributed by atoms with van der Waals surface area (Å²) in [4.78, 5) is 0. The number of hydrogen-bond donors (Lipinski definition) is 0. The fourth-order valence-electron chi connectivity index (χ4n) is 3.90. The third-order valence-electron chi connectivity index (χ3n) is 4.95. The minimum atomic E-state index is 0.115. The third kappa shape index (κ3) is 3.07. The maximum Gasteiger partial charge on any atom is -0.00606 e. The van der Waals surface area contributed by atoms with E-state index in [-0.39, 0.29) is 10.8 Å². The lowest BCUT2D eigenvalue weighted by Gasteiger charge is -2.32. The van der Waals surface area contributed by atoms with Crippen molar-refractivity contribution in [3.8, 4) is 11.1 Å². The second kappa shape index (κ2) is 5.62. The Hall–Kier alpha value is -1.82. The van der Waals surface area contributed by atoms with Crippen molar-refractivity contribution in [1.82, 2.24) is 0 Å². The molecule has 0 aromatic heterocycles. The molecule has 0 heteroatoms. The van der Waals surface area contributed by atoms with Gasteiger partial charge in [-0.05, 0) is 63.6 Å². The van der Waals surface area contributed by atoms with E-state index in [4.69, 9.17) is 0 Å². The first kappa shape index (κ1) is 17.0. The molecule has 0 aliphatic heterocycles. The Kier molecular flexibility index (Phi) is 3.98. The van der Waals surface area contributed by atoms with E-state index in [1.165, 1.54) is 39.0 Å². The highest BCUT2D eigenvalue weighted by Gasteiger charge is 2.28. The molecule has 2 aromatic carbocycles.